The van der Waals surface area contributed by atoms with Crippen LogP contribution in [0.3, 0.4) is 0 Å². The van der Waals surface area contributed by atoms with E-state index in [1.165, 1.54) is 10.0 Å². The summed E-state index contributed by atoms with van der Waals surface area (Å²) in [4.78, 5) is 0.527. The second-order valence-corrected chi connectivity index (χ2v) is 7.20. The molecule has 1 unspecified atom stereocenters. The van der Waals surface area contributed by atoms with Gasteiger partial charge in [-0.25, -0.2) is 0 Å². The first-order valence-corrected chi connectivity index (χ1v) is 8.77. The summed E-state index contributed by atoms with van der Waals surface area (Å²) in [5, 5.41) is 0. The number of ether oxygens (including phenoxy) is 1. The second-order valence-electron chi connectivity index (χ2n) is 4.44. The first kappa shape index (κ1) is 14.9. The van der Waals surface area contributed by atoms with E-state index in [0.29, 0.717) is 19.8 Å². The van der Waals surface area contributed by atoms with Gasteiger partial charge in [-0.2, -0.15) is 0 Å². The molecular formula is C18H20OSe. The van der Waals surface area contributed by atoms with Crippen LogP contribution in [-0.2, 0) is 11.2 Å². The van der Waals surface area contributed by atoms with Crippen molar-refractivity contribution in [1.82, 2.24) is 0 Å². The van der Waals surface area contributed by atoms with Gasteiger partial charge in [0.15, 0.2) is 0 Å². The third-order valence-corrected chi connectivity index (χ3v) is 5.32. The third kappa shape index (κ3) is 5.24. The van der Waals surface area contributed by atoms with Gasteiger partial charge in [-0.3, -0.25) is 0 Å². The first-order chi connectivity index (χ1) is 9.88. The van der Waals surface area contributed by atoms with Gasteiger partial charge < -0.3 is 0 Å². The maximum absolute atomic E-state index is 5.37. The number of benzene rings is 2. The molecule has 0 saturated heterocycles. The summed E-state index contributed by atoms with van der Waals surface area (Å²) >= 11 is 0.421. The van der Waals surface area contributed by atoms with Gasteiger partial charge in [0.1, 0.15) is 0 Å². The van der Waals surface area contributed by atoms with Gasteiger partial charge in [0.05, 0.1) is 0 Å². The van der Waals surface area contributed by atoms with Gasteiger partial charge in [0.25, 0.3) is 0 Å². The van der Waals surface area contributed by atoms with Crippen LogP contribution in [0.2, 0.25) is 4.82 Å². The molecule has 0 fully saturated rings. The van der Waals surface area contributed by atoms with E-state index in [2.05, 4.69) is 66.7 Å². The fourth-order valence-corrected chi connectivity index (χ4v) is 4.18. The summed E-state index contributed by atoms with van der Waals surface area (Å²) in [5.74, 6) is 0. The number of hydrogen-bond donors (Lipinski definition) is 0. The second kappa shape index (κ2) is 8.63. The molecule has 0 aliphatic rings. The predicted octanol–water partition coefficient (Wildman–Crippen LogP) is 3.60. The zero-order valence-corrected chi connectivity index (χ0v) is 13.4. The molecule has 0 bridgehead atoms. The molecule has 1 atom stereocenters. The summed E-state index contributed by atoms with van der Waals surface area (Å²) in [7, 11) is 0. The van der Waals surface area contributed by atoms with Gasteiger partial charge in [0, 0.05) is 0 Å². The van der Waals surface area contributed by atoms with Crippen LogP contribution in [0.4, 0.5) is 0 Å². The van der Waals surface area contributed by atoms with Gasteiger partial charge in [-0.1, -0.05) is 0 Å². The summed E-state index contributed by atoms with van der Waals surface area (Å²) in [6.45, 7) is 2.74. The van der Waals surface area contributed by atoms with Crippen LogP contribution >= 0.6 is 0 Å². The van der Waals surface area contributed by atoms with Gasteiger partial charge >= 0.3 is 127 Å². The van der Waals surface area contributed by atoms with Crippen LogP contribution in [0.25, 0.3) is 0 Å². The SMILES string of the molecule is CCO/C=C/C(Cc1ccccc1)[Se]c1ccccc1. The Morgan fingerprint density at radius 1 is 1.00 bits per heavy atom. The molecule has 0 aliphatic heterocycles. The van der Waals surface area contributed by atoms with Crippen molar-refractivity contribution in [1.29, 1.82) is 0 Å². The van der Waals surface area contributed by atoms with E-state index in [0.717, 1.165) is 13.0 Å². The Morgan fingerprint density at radius 3 is 2.30 bits per heavy atom. The Balaban J connectivity index is 2.04. The molecule has 0 aromatic heterocycles. The van der Waals surface area contributed by atoms with Crippen molar-refractivity contribution in [3.05, 3.63) is 78.6 Å². The van der Waals surface area contributed by atoms with Crippen molar-refractivity contribution in [2.24, 2.45) is 0 Å². The Hall–Kier alpha value is -1.50. The normalized spacial score (nSPS) is 12.4. The van der Waals surface area contributed by atoms with Crippen LogP contribution in [0.15, 0.2) is 73.0 Å². The number of hydrogen-bond acceptors (Lipinski definition) is 1. The standard InChI is InChI=1S/C18H20OSe/c1-2-19-14-13-18(15-16-9-5-3-6-10-16)20-17-11-7-4-8-12-17/h3-14,18H,2,15H2,1H3/b14-13+. The maximum atomic E-state index is 5.37. The van der Waals surface area contributed by atoms with Crippen LogP contribution < -0.4 is 4.46 Å². The van der Waals surface area contributed by atoms with Crippen molar-refractivity contribution >= 4 is 19.4 Å². The molecule has 0 spiro atoms. The molecular weight excluding hydrogens is 311 g/mol. The van der Waals surface area contributed by atoms with Crippen molar-refractivity contribution in [2.75, 3.05) is 6.61 Å². The fourth-order valence-electron chi connectivity index (χ4n) is 1.91. The minimum atomic E-state index is 0.421. The first-order valence-electron chi connectivity index (χ1n) is 6.92. The molecule has 0 aliphatic carbocycles. The van der Waals surface area contributed by atoms with Crippen LogP contribution in [0, 0.1) is 0 Å². The topological polar surface area (TPSA) is 9.23 Å². The predicted molar refractivity (Wildman–Crippen MR) is 86.5 cm³/mol. The molecule has 0 heterocycles. The molecule has 2 heteroatoms. The van der Waals surface area contributed by atoms with Crippen molar-refractivity contribution < 1.29 is 4.74 Å². The Bertz CT molecular complexity index is 466. The summed E-state index contributed by atoms with van der Waals surface area (Å²) < 4.78 is 6.80. The molecule has 1 nitrogen and oxygen atoms in total. The molecule has 0 N–H and O–H groups in total. The zero-order chi connectivity index (χ0) is 14.0. The van der Waals surface area contributed by atoms with Crippen molar-refractivity contribution in [3.63, 3.8) is 0 Å². The van der Waals surface area contributed by atoms with E-state index in [1.807, 2.05) is 13.2 Å². The number of allylic oxidation sites excluding steroid dienone is 1. The molecule has 104 valence electrons. The van der Waals surface area contributed by atoms with Crippen LogP contribution in [-0.4, -0.2) is 21.6 Å². The third-order valence-electron chi connectivity index (χ3n) is 2.87. The fraction of sp³-hybridized carbons (Fsp3) is 0.222. The molecule has 2 rings (SSSR count). The van der Waals surface area contributed by atoms with E-state index >= 15 is 0 Å². The van der Waals surface area contributed by atoms with Gasteiger partial charge in [-0.15, -0.1) is 0 Å². The van der Waals surface area contributed by atoms with E-state index in [9.17, 15) is 0 Å². The quantitative estimate of drug-likeness (QED) is 0.556. The Morgan fingerprint density at radius 2 is 1.65 bits per heavy atom. The van der Waals surface area contributed by atoms with E-state index in [-0.39, 0.29) is 0 Å². The van der Waals surface area contributed by atoms with Gasteiger partial charge in [0.2, 0.25) is 0 Å². The van der Waals surface area contributed by atoms with Crippen LogP contribution in [0.5, 0.6) is 0 Å². The Labute approximate surface area is 127 Å². The average Bonchev–Trinajstić information content (AvgIpc) is 2.49. The molecule has 20 heavy (non-hydrogen) atoms. The average molecular weight is 331 g/mol. The van der Waals surface area contributed by atoms with E-state index < -0.39 is 0 Å². The monoisotopic (exact) mass is 332 g/mol. The van der Waals surface area contributed by atoms with Gasteiger partial charge in [-0.05, 0) is 0 Å². The number of rotatable bonds is 7. The minimum absolute atomic E-state index is 0.421. The van der Waals surface area contributed by atoms with E-state index in [1.54, 1.807) is 0 Å². The molecule has 2 aromatic carbocycles. The summed E-state index contributed by atoms with van der Waals surface area (Å²) in [6.07, 6.45) is 5.14. The van der Waals surface area contributed by atoms with Crippen LogP contribution in [0.1, 0.15) is 12.5 Å². The van der Waals surface area contributed by atoms with Crippen molar-refractivity contribution in [2.45, 2.75) is 18.2 Å². The molecule has 2 aromatic rings. The molecule has 0 saturated carbocycles. The van der Waals surface area contributed by atoms with E-state index in [4.69, 9.17) is 4.74 Å². The molecule has 0 radical (unpaired) electrons. The summed E-state index contributed by atoms with van der Waals surface area (Å²) in [5.41, 5.74) is 1.39. The Kier molecular flexibility index (Phi) is 6.43. The summed E-state index contributed by atoms with van der Waals surface area (Å²) in [6, 6.07) is 21.4. The zero-order valence-electron chi connectivity index (χ0n) is 11.7. The molecule has 0 amide bonds. The van der Waals surface area contributed by atoms with Crippen molar-refractivity contribution in [3.8, 4) is 0 Å².